The summed E-state index contributed by atoms with van der Waals surface area (Å²) in [6, 6.07) is 15.1. The Bertz CT molecular complexity index is 675. The van der Waals surface area contributed by atoms with Crippen molar-refractivity contribution in [2.75, 3.05) is 0 Å². The number of rotatable bonds is 1. The molecule has 0 saturated carbocycles. The van der Waals surface area contributed by atoms with Crippen LogP contribution in [0.25, 0.3) is 5.57 Å². The van der Waals surface area contributed by atoms with Crippen LogP contribution in [0.2, 0.25) is 0 Å². The average molecular weight is 264 g/mol. The van der Waals surface area contributed by atoms with Crippen LogP contribution in [0.4, 0.5) is 0 Å². The van der Waals surface area contributed by atoms with Gasteiger partial charge in [-0.15, -0.1) is 0 Å². The SMILES string of the molecule is Cc1ccc(C2=CC(C)(C)Oc3ccc(C)cc32)cc1. The Labute approximate surface area is 120 Å². The number of hydrogen-bond acceptors (Lipinski definition) is 1. The van der Waals surface area contributed by atoms with Gasteiger partial charge < -0.3 is 4.74 Å². The van der Waals surface area contributed by atoms with Gasteiger partial charge in [-0.1, -0.05) is 41.5 Å². The van der Waals surface area contributed by atoms with Gasteiger partial charge in [-0.2, -0.15) is 0 Å². The van der Waals surface area contributed by atoms with Gasteiger partial charge in [0.05, 0.1) is 0 Å². The standard InChI is InChI=1S/C19H20O/c1-13-5-8-15(9-6-13)17-12-19(3,4)20-18-10-7-14(2)11-16(17)18/h5-12H,1-4H3. The van der Waals surface area contributed by atoms with Crippen LogP contribution in [0, 0.1) is 13.8 Å². The fraction of sp³-hybridized carbons (Fsp3) is 0.263. The summed E-state index contributed by atoms with van der Waals surface area (Å²) < 4.78 is 6.07. The van der Waals surface area contributed by atoms with Crippen LogP contribution in [0.5, 0.6) is 5.75 Å². The Morgan fingerprint density at radius 1 is 0.850 bits per heavy atom. The molecule has 0 bridgehead atoms. The first kappa shape index (κ1) is 13.0. The molecule has 0 radical (unpaired) electrons. The summed E-state index contributed by atoms with van der Waals surface area (Å²) in [6.07, 6.45) is 2.22. The van der Waals surface area contributed by atoms with Crippen LogP contribution in [0.3, 0.4) is 0 Å². The van der Waals surface area contributed by atoms with Gasteiger partial charge in [0.2, 0.25) is 0 Å². The van der Waals surface area contributed by atoms with E-state index in [-0.39, 0.29) is 5.60 Å². The normalized spacial score (nSPS) is 16.1. The molecule has 102 valence electrons. The highest BCUT2D eigenvalue weighted by Gasteiger charge is 2.27. The topological polar surface area (TPSA) is 9.23 Å². The zero-order valence-electron chi connectivity index (χ0n) is 12.5. The lowest BCUT2D eigenvalue weighted by Crippen LogP contribution is -2.29. The largest absolute Gasteiger partial charge is 0.483 e. The minimum absolute atomic E-state index is 0.275. The second kappa shape index (κ2) is 4.52. The maximum Gasteiger partial charge on any atom is 0.128 e. The maximum absolute atomic E-state index is 6.07. The average Bonchev–Trinajstić information content (AvgIpc) is 2.39. The van der Waals surface area contributed by atoms with Crippen LogP contribution in [-0.4, -0.2) is 5.60 Å². The molecule has 2 aromatic carbocycles. The van der Waals surface area contributed by atoms with Gasteiger partial charge >= 0.3 is 0 Å². The van der Waals surface area contributed by atoms with Crippen molar-refractivity contribution in [3.8, 4) is 5.75 Å². The molecule has 1 heteroatoms. The predicted octanol–water partition coefficient (Wildman–Crippen LogP) is 4.91. The van der Waals surface area contributed by atoms with Crippen molar-refractivity contribution in [3.05, 3.63) is 70.8 Å². The molecule has 0 saturated heterocycles. The smallest absolute Gasteiger partial charge is 0.128 e. The molecule has 0 unspecified atom stereocenters. The molecule has 1 aliphatic rings. The number of ether oxygens (including phenoxy) is 1. The van der Waals surface area contributed by atoms with E-state index in [1.165, 1.54) is 27.8 Å². The van der Waals surface area contributed by atoms with Crippen LogP contribution in [0.15, 0.2) is 48.5 Å². The van der Waals surface area contributed by atoms with Crippen LogP contribution in [0.1, 0.15) is 36.1 Å². The van der Waals surface area contributed by atoms with Crippen molar-refractivity contribution in [2.24, 2.45) is 0 Å². The Morgan fingerprint density at radius 3 is 2.20 bits per heavy atom. The Morgan fingerprint density at radius 2 is 1.50 bits per heavy atom. The zero-order valence-corrected chi connectivity index (χ0v) is 12.5. The van der Waals surface area contributed by atoms with E-state index in [0.717, 1.165) is 5.75 Å². The van der Waals surface area contributed by atoms with Crippen molar-refractivity contribution in [1.82, 2.24) is 0 Å². The minimum atomic E-state index is -0.275. The maximum atomic E-state index is 6.07. The molecule has 1 nitrogen and oxygen atoms in total. The predicted molar refractivity (Wildman–Crippen MR) is 84.1 cm³/mol. The Balaban J connectivity index is 2.19. The highest BCUT2D eigenvalue weighted by atomic mass is 16.5. The summed E-state index contributed by atoms with van der Waals surface area (Å²) in [6.45, 7) is 8.44. The molecule has 0 aliphatic carbocycles. The van der Waals surface area contributed by atoms with Gasteiger partial charge in [-0.3, -0.25) is 0 Å². The number of benzene rings is 2. The van der Waals surface area contributed by atoms with Crippen molar-refractivity contribution in [1.29, 1.82) is 0 Å². The highest BCUT2D eigenvalue weighted by Crippen LogP contribution is 2.39. The van der Waals surface area contributed by atoms with Crippen molar-refractivity contribution < 1.29 is 4.74 Å². The second-order valence-electron chi connectivity index (χ2n) is 6.13. The van der Waals surface area contributed by atoms with Crippen molar-refractivity contribution in [3.63, 3.8) is 0 Å². The summed E-state index contributed by atoms with van der Waals surface area (Å²) >= 11 is 0. The molecule has 0 atom stereocenters. The number of aryl methyl sites for hydroxylation is 2. The molecular weight excluding hydrogens is 244 g/mol. The summed E-state index contributed by atoms with van der Waals surface area (Å²) in [4.78, 5) is 0. The summed E-state index contributed by atoms with van der Waals surface area (Å²) in [5.74, 6) is 0.971. The number of fused-ring (bicyclic) bond motifs is 1. The molecule has 0 spiro atoms. The first-order valence-electron chi connectivity index (χ1n) is 7.04. The fourth-order valence-corrected chi connectivity index (χ4v) is 2.65. The molecule has 1 heterocycles. The zero-order chi connectivity index (χ0) is 14.3. The minimum Gasteiger partial charge on any atom is -0.483 e. The molecule has 2 aromatic rings. The molecule has 0 N–H and O–H groups in total. The van der Waals surface area contributed by atoms with E-state index in [2.05, 4.69) is 76.2 Å². The van der Waals surface area contributed by atoms with Crippen molar-refractivity contribution >= 4 is 5.57 Å². The van der Waals surface area contributed by atoms with E-state index in [1.807, 2.05) is 0 Å². The second-order valence-corrected chi connectivity index (χ2v) is 6.13. The first-order chi connectivity index (χ1) is 9.44. The van der Waals surface area contributed by atoms with Crippen LogP contribution < -0.4 is 4.74 Å². The fourth-order valence-electron chi connectivity index (χ4n) is 2.65. The lowest BCUT2D eigenvalue weighted by molar-refractivity contribution is 0.158. The third-order valence-corrected chi connectivity index (χ3v) is 3.65. The van der Waals surface area contributed by atoms with E-state index in [4.69, 9.17) is 4.74 Å². The van der Waals surface area contributed by atoms with Crippen molar-refractivity contribution in [2.45, 2.75) is 33.3 Å². The van der Waals surface area contributed by atoms with Gasteiger partial charge in [0.25, 0.3) is 0 Å². The van der Waals surface area contributed by atoms with E-state index in [1.54, 1.807) is 0 Å². The van der Waals surface area contributed by atoms with Crippen LogP contribution in [-0.2, 0) is 0 Å². The van der Waals surface area contributed by atoms with Crippen LogP contribution >= 0.6 is 0 Å². The lowest BCUT2D eigenvalue weighted by Gasteiger charge is -2.31. The van der Waals surface area contributed by atoms with Gasteiger partial charge in [-0.25, -0.2) is 0 Å². The van der Waals surface area contributed by atoms with Gasteiger partial charge in [0.15, 0.2) is 0 Å². The van der Waals surface area contributed by atoms with Gasteiger partial charge in [-0.05, 0) is 57.0 Å². The summed E-state index contributed by atoms with van der Waals surface area (Å²) in [7, 11) is 0. The van der Waals surface area contributed by atoms with E-state index < -0.39 is 0 Å². The molecule has 0 amide bonds. The molecule has 3 rings (SSSR count). The molecule has 20 heavy (non-hydrogen) atoms. The summed E-state index contributed by atoms with van der Waals surface area (Å²) in [5, 5.41) is 0. The monoisotopic (exact) mass is 264 g/mol. The quantitative estimate of drug-likeness (QED) is 0.711. The van der Waals surface area contributed by atoms with E-state index in [0.29, 0.717) is 0 Å². The Hall–Kier alpha value is -2.02. The molecule has 0 fully saturated rings. The molecule has 1 aliphatic heterocycles. The Kier molecular flexibility index (Phi) is 2.93. The van der Waals surface area contributed by atoms with E-state index in [9.17, 15) is 0 Å². The van der Waals surface area contributed by atoms with Gasteiger partial charge in [0, 0.05) is 5.56 Å². The molecular formula is C19H20O. The third-order valence-electron chi connectivity index (χ3n) is 3.65. The lowest BCUT2D eigenvalue weighted by atomic mass is 9.89. The number of hydrogen-bond donors (Lipinski definition) is 0. The third kappa shape index (κ3) is 2.36. The first-order valence-corrected chi connectivity index (χ1v) is 7.04. The summed E-state index contributed by atoms with van der Waals surface area (Å²) in [5.41, 5.74) is 5.96. The van der Waals surface area contributed by atoms with E-state index >= 15 is 0 Å². The van der Waals surface area contributed by atoms with Gasteiger partial charge in [0.1, 0.15) is 11.4 Å². The molecule has 0 aromatic heterocycles. The highest BCUT2D eigenvalue weighted by molar-refractivity contribution is 5.85.